The van der Waals surface area contributed by atoms with Gasteiger partial charge >= 0.3 is 0 Å². The Bertz CT molecular complexity index is 345. The van der Waals surface area contributed by atoms with Crippen LogP contribution >= 0.6 is 0 Å². The summed E-state index contributed by atoms with van der Waals surface area (Å²) in [6.45, 7) is 6.86. The van der Waals surface area contributed by atoms with E-state index in [-0.39, 0.29) is 0 Å². The van der Waals surface area contributed by atoms with Crippen molar-refractivity contribution in [2.24, 2.45) is 0 Å². The molecule has 1 saturated carbocycles. The van der Waals surface area contributed by atoms with Crippen molar-refractivity contribution in [2.75, 3.05) is 5.73 Å². The largest absolute Gasteiger partial charge is 0.399 e. The Morgan fingerprint density at radius 1 is 1.42 bits per heavy atom. The summed E-state index contributed by atoms with van der Waals surface area (Å²) in [6, 6.07) is 5.52. The number of nitrogen functional groups attached to an aromatic ring is 1. The molecule has 1 aliphatic rings. The number of rotatable bonds is 1. The van der Waals surface area contributed by atoms with Crippen molar-refractivity contribution in [3.8, 4) is 0 Å². The molecule has 60 valence electrons. The summed E-state index contributed by atoms with van der Waals surface area (Å²) in [5.41, 5.74) is 8.49. The molecule has 0 atom stereocenters. The molecule has 1 aromatic carbocycles. The van der Waals surface area contributed by atoms with Crippen LogP contribution in [0.15, 0.2) is 18.2 Å². The molecule has 1 fully saturated rings. The van der Waals surface area contributed by atoms with Gasteiger partial charge in [0.1, 0.15) is 0 Å². The summed E-state index contributed by atoms with van der Waals surface area (Å²) in [5, 5.41) is 0. The van der Waals surface area contributed by atoms with E-state index in [9.17, 15) is 0 Å². The highest BCUT2D eigenvalue weighted by Gasteiger charge is 2.25. The second-order valence-electron chi connectivity index (χ2n) is 3.20. The molecular formula is C10H10N2. The Labute approximate surface area is 71.8 Å². The summed E-state index contributed by atoms with van der Waals surface area (Å²) >= 11 is 0. The zero-order valence-electron chi connectivity index (χ0n) is 6.75. The minimum absolute atomic E-state index is 0.631. The van der Waals surface area contributed by atoms with Crippen molar-refractivity contribution in [2.45, 2.75) is 18.8 Å². The normalized spacial score (nSPS) is 15.6. The quantitative estimate of drug-likeness (QED) is 0.494. The van der Waals surface area contributed by atoms with E-state index in [1.807, 2.05) is 12.1 Å². The predicted molar refractivity (Wildman–Crippen MR) is 49.1 cm³/mol. The Balaban J connectivity index is 2.44. The average molecular weight is 158 g/mol. The van der Waals surface area contributed by atoms with Gasteiger partial charge in [-0.1, -0.05) is 12.1 Å². The molecular weight excluding hydrogens is 148 g/mol. The molecule has 1 aliphatic carbocycles. The van der Waals surface area contributed by atoms with E-state index >= 15 is 0 Å². The van der Waals surface area contributed by atoms with Gasteiger partial charge in [0.2, 0.25) is 0 Å². The van der Waals surface area contributed by atoms with Gasteiger partial charge in [0.15, 0.2) is 5.69 Å². The zero-order valence-corrected chi connectivity index (χ0v) is 6.75. The Morgan fingerprint density at radius 3 is 2.75 bits per heavy atom. The van der Waals surface area contributed by atoms with Crippen molar-refractivity contribution < 1.29 is 0 Å². The smallest absolute Gasteiger partial charge is 0.187 e. The van der Waals surface area contributed by atoms with Crippen LogP contribution in [0.5, 0.6) is 0 Å². The highest BCUT2D eigenvalue weighted by Crippen LogP contribution is 2.43. The van der Waals surface area contributed by atoms with Crippen molar-refractivity contribution in [3.05, 3.63) is 35.2 Å². The molecule has 0 unspecified atom stereocenters. The molecule has 2 nitrogen and oxygen atoms in total. The Hall–Kier alpha value is -1.49. The lowest BCUT2D eigenvalue weighted by molar-refractivity contribution is 1.14. The summed E-state index contributed by atoms with van der Waals surface area (Å²) in [6.07, 6.45) is 2.46. The monoisotopic (exact) mass is 158 g/mol. The first kappa shape index (κ1) is 7.17. The fourth-order valence-electron chi connectivity index (χ4n) is 1.38. The predicted octanol–water partition coefficient (Wildman–Crippen LogP) is 2.70. The second-order valence-corrected chi connectivity index (χ2v) is 3.20. The Morgan fingerprint density at radius 2 is 2.17 bits per heavy atom. The summed E-state index contributed by atoms with van der Waals surface area (Å²) in [4.78, 5) is 3.38. The molecule has 2 rings (SSSR count). The van der Waals surface area contributed by atoms with Gasteiger partial charge in [0.25, 0.3) is 0 Å². The molecule has 0 radical (unpaired) electrons. The third kappa shape index (κ3) is 1.14. The van der Waals surface area contributed by atoms with Gasteiger partial charge < -0.3 is 5.73 Å². The SMILES string of the molecule is [C-]#[N+]c1ccc(N)c(C2CC2)c1. The van der Waals surface area contributed by atoms with Gasteiger partial charge in [0.05, 0.1) is 6.57 Å². The maximum absolute atomic E-state index is 6.86. The zero-order chi connectivity index (χ0) is 8.55. The molecule has 0 heterocycles. The molecule has 12 heavy (non-hydrogen) atoms. The first-order valence-corrected chi connectivity index (χ1v) is 4.08. The number of hydrogen-bond donors (Lipinski definition) is 1. The van der Waals surface area contributed by atoms with Gasteiger partial charge in [-0.05, 0) is 30.4 Å². The lowest BCUT2D eigenvalue weighted by atomic mass is 10.1. The van der Waals surface area contributed by atoms with Crippen LogP contribution < -0.4 is 5.73 Å². The van der Waals surface area contributed by atoms with Crippen molar-refractivity contribution >= 4 is 11.4 Å². The van der Waals surface area contributed by atoms with Crippen LogP contribution in [0.1, 0.15) is 24.3 Å². The van der Waals surface area contributed by atoms with E-state index in [4.69, 9.17) is 12.3 Å². The summed E-state index contributed by atoms with van der Waals surface area (Å²) in [7, 11) is 0. The highest BCUT2D eigenvalue weighted by molar-refractivity contribution is 5.59. The number of anilines is 1. The minimum atomic E-state index is 0.631. The van der Waals surface area contributed by atoms with Gasteiger partial charge in [-0.3, -0.25) is 0 Å². The van der Waals surface area contributed by atoms with Crippen LogP contribution in [0.3, 0.4) is 0 Å². The average Bonchev–Trinajstić information content (AvgIpc) is 2.88. The lowest BCUT2D eigenvalue weighted by Gasteiger charge is -2.02. The standard InChI is InChI=1S/C10H10N2/c1-12-8-4-5-10(11)9(6-8)7-2-3-7/h4-7H,2-3,11H2. The fourth-order valence-corrected chi connectivity index (χ4v) is 1.38. The third-order valence-corrected chi connectivity index (χ3v) is 2.22. The number of nitrogens with two attached hydrogens (primary N) is 1. The summed E-state index contributed by atoms with van der Waals surface area (Å²) in [5.74, 6) is 0.631. The molecule has 0 bridgehead atoms. The van der Waals surface area contributed by atoms with Gasteiger partial charge in [0, 0.05) is 5.69 Å². The van der Waals surface area contributed by atoms with Crippen LogP contribution in [0.4, 0.5) is 11.4 Å². The van der Waals surface area contributed by atoms with E-state index in [0.29, 0.717) is 11.6 Å². The maximum Gasteiger partial charge on any atom is 0.187 e. The molecule has 0 spiro atoms. The van der Waals surface area contributed by atoms with E-state index < -0.39 is 0 Å². The van der Waals surface area contributed by atoms with Crippen LogP contribution in [0.25, 0.3) is 4.85 Å². The van der Waals surface area contributed by atoms with Gasteiger partial charge in [-0.2, -0.15) is 0 Å². The minimum Gasteiger partial charge on any atom is -0.399 e. The third-order valence-electron chi connectivity index (χ3n) is 2.22. The van der Waals surface area contributed by atoms with Crippen LogP contribution in [0.2, 0.25) is 0 Å². The number of hydrogen-bond acceptors (Lipinski definition) is 1. The summed E-state index contributed by atoms with van der Waals surface area (Å²) < 4.78 is 0. The van der Waals surface area contributed by atoms with Gasteiger partial charge in [-0.25, -0.2) is 4.85 Å². The molecule has 2 N–H and O–H groups in total. The number of benzene rings is 1. The molecule has 2 heteroatoms. The van der Waals surface area contributed by atoms with Crippen LogP contribution in [-0.2, 0) is 0 Å². The first-order chi connectivity index (χ1) is 5.81. The lowest BCUT2D eigenvalue weighted by Crippen LogP contribution is -1.90. The molecule has 0 aliphatic heterocycles. The molecule has 0 saturated heterocycles. The van der Waals surface area contributed by atoms with Crippen molar-refractivity contribution in [3.63, 3.8) is 0 Å². The Kier molecular flexibility index (Phi) is 1.51. The van der Waals surface area contributed by atoms with Gasteiger partial charge in [-0.15, -0.1) is 0 Å². The fraction of sp³-hybridized carbons (Fsp3) is 0.300. The topological polar surface area (TPSA) is 30.4 Å². The maximum atomic E-state index is 6.86. The second kappa shape index (κ2) is 2.53. The molecule has 1 aromatic rings. The van der Waals surface area contributed by atoms with E-state index in [1.165, 1.54) is 18.4 Å². The first-order valence-electron chi connectivity index (χ1n) is 4.08. The van der Waals surface area contributed by atoms with E-state index in [0.717, 1.165) is 5.69 Å². The van der Waals surface area contributed by atoms with Crippen LogP contribution in [-0.4, -0.2) is 0 Å². The van der Waals surface area contributed by atoms with Crippen molar-refractivity contribution in [1.82, 2.24) is 0 Å². The van der Waals surface area contributed by atoms with E-state index in [1.54, 1.807) is 6.07 Å². The van der Waals surface area contributed by atoms with E-state index in [2.05, 4.69) is 4.85 Å². The number of nitrogens with zero attached hydrogens (tertiary/aromatic N) is 1. The van der Waals surface area contributed by atoms with Crippen LogP contribution in [0, 0.1) is 6.57 Å². The van der Waals surface area contributed by atoms with Crippen molar-refractivity contribution in [1.29, 1.82) is 0 Å². The highest BCUT2D eigenvalue weighted by atomic mass is 14.7. The molecule has 0 amide bonds. The molecule has 0 aromatic heterocycles.